The molecule has 0 aliphatic carbocycles. The molecule has 25 heavy (non-hydrogen) atoms. The van der Waals surface area contributed by atoms with Gasteiger partial charge in [-0.1, -0.05) is 6.42 Å². The van der Waals surface area contributed by atoms with Crippen molar-refractivity contribution in [3.8, 4) is 0 Å². The molecule has 0 radical (unpaired) electrons. The van der Waals surface area contributed by atoms with Gasteiger partial charge in [0.2, 0.25) is 0 Å². The number of nitrogens with zero attached hydrogens (tertiary/aromatic N) is 2. The molecular formula is C17H27N3O5. The summed E-state index contributed by atoms with van der Waals surface area (Å²) >= 11 is 0. The minimum absolute atomic E-state index is 0.165. The van der Waals surface area contributed by atoms with Crippen LogP contribution in [0.2, 0.25) is 0 Å². The highest BCUT2D eigenvalue weighted by Crippen LogP contribution is 2.29. The summed E-state index contributed by atoms with van der Waals surface area (Å²) in [6.45, 7) is 5.15. The number of rotatable bonds is 6. The zero-order valence-corrected chi connectivity index (χ0v) is 14.6. The van der Waals surface area contributed by atoms with E-state index < -0.39 is 23.6 Å². The number of nitrogens with one attached hydrogen (secondary N) is 1. The molecule has 0 amide bonds. The zero-order valence-electron chi connectivity index (χ0n) is 14.6. The summed E-state index contributed by atoms with van der Waals surface area (Å²) in [7, 11) is 0. The van der Waals surface area contributed by atoms with E-state index >= 15 is 0 Å². The van der Waals surface area contributed by atoms with Crippen LogP contribution in [-0.4, -0.2) is 64.6 Å². The van der Waals surface area contributed by atoms with Crippen molar-refractivity contribution in [2.24, 2.45) is 0 Å². The van der Waals surface area contributed by atoms with Crippen LogP contribution in [0.15, 0.2) is 15.8 Å². The minimum atomic E-state index is -0.541. The Morgan fingerprint density at radius 1 is 1.32 bits per heavy atom. The van der Waals surface area contributed by atoms with Crippen LogP contribution in [0.3, 0.4) is 0 Å². The lowest BCUT2D eigenvalue weighted by Crippen LogP contribution is -2.35. The molecule has 0 bridgehead atoms. The van der Waals surface area contributed by atoms with E-state index in [0.29, 0.717) is 18.6 Å². The third-order valence-electron chi connectivity index (χ3n) is 5.00. The van der Waals surface area contributed by atoms with Crippen molar-refractivity contribution >= 4 is 0 Å². The topological polar surface area (TPSA) is 96.8 Å². The number of piperidine rings is 1. The Hall–Kier alpha value is -1.48. The fourth-order valence-electron chi connectivity index (χ4n) is 3.53. The van der Waals surface area contributed by atoms with Gasteiger partial charge in [-0.15, -0.1) is 0 Å². The van der Waals surface area contributed by atoms with Crippen LogP contribution >= 0.6 is 0 Å². The van der Waals surface area contributed by atoms with E-state index in [2.05, 4.69) is 9.88 Å². The molecule has 0 saturated carbocycles. The second kappa shape index (κ2) is 8.27. The predicted octanol–water partition coefficient (Wildman–Crippen LogP) is -0.00408. The maximum Gasteiger partial charge on any atom is 0.330 e. The van der Waals surface area contributed by atoms with Crippen LogP contribution in [0.4, 0.5) is 0 Å². The van der Waals surface area contributed by atoms with Crippen LogP contribution in [0.25, 0.3) is 0 Å². The summed E-state index contributed by atoms with van der Waals surface area (Å²) in [5, 5.41) is 9.56. The Bertz CT molecular complexity index is 680. The molecule has 1 aromatic rings. The standard InChI is InChI=1S/C17H27N3O5/c1-12-10-20(17(23)18-16(12)22)15-9-13(14(11-21)25-15)24-8-7-19-5-3-2-4-6-19/h10,13-15,21H,2-9,11H2,1H3,(H,18,22,23)/t13-,14+,15+/m0/s1. The highest BCUT2D eigenvalue weighted by atomic mass is 16.6. The normalized spacial score (nSPS) is 27.7. The Morgan fingerprint density at radius 2 is 2.08 bits per heavy atom. The molecule has 2 aliphatic rings. The number of aliphatic hydroxyl groups is 1. The maximum absolute atomic E-state index is 12.0. The van der Waals surface area contributed by atoms with Gasteiger partial charge in [-0.25, -0.2) is 4.79 Å². The van der Waals surface area contributed by atoms with E-state index in [4.69, 9.17) is 9.47 Å². The Balaban J connectivity index is 1.59. The first kappa shape index (κ1) is 18.3. The van der Waals surface area contributed by atoms with E-state index in [9.17, 15) is 14.7 Å². The molecule has 2 fully saturated rings. The van der Waals surface area contributed by atoms with E-state index in [-0.39, 0.29) is 12.7 Å². The molecule has 140 valence electrons. The first-order valence-corrected chi connectivity index (χ1v) is 9.01. The Kier molecular flexibility index (Phi) is 6.06. The third kappa shape index (κ3) is 4.38. The molecule has 2 saturated heterocycles. The lowest BCUT2D eigenvalue weighted by Gasteiger charge is -2.27. The fraction of sp³-hybridized carbons (Fsp3) is 0.765. The van der Waals surface area contributed by atoms with Gasteiger partial charge in [0.1, 0.15) is 12.3 Å². The number of hydrogen-bond donors (Lipinski definition) is 2. The zero-order chi connectivity index (χ0) is 17.8. The van der Waals surface area contributed by atoms with Crippen molar-refractivity contribution in [2.75, 3.05) is 32.8 Å². The molecule has 3 rings (SSSR count). The van der Waals surface area contributed by atoms with E-state index in [1.807, 2.05) is 0 Å². The van der Waals surface area contributed by atoms with Gasteiger partial charge < -0.3 is 19.5 Å². The van der Waals surface area contributed by atoms with Crippen molar-refractivity contribution in [1.82, 2.24) is 14.5 Å². The SMILES string of the molecule is Cc1cn([C@H]2C[C@H](OCCN3CCCCC3)[C@@H](CO)O2)c(=O)[nH]c1=O. The number of aromatic amines is 1. The molecular weight excluding hydrogens is 326 g/mol. The summed E-state index contributed by atoms with van der Waals surface area (Å²) in [5.41, 5.74) is -0.461. The van der Waals surface area contributed by atoms with E-state index in [0.717, 1.165) is 19.6 Å². The average Bonchev–Trinajstić information content (AvgIpc) is 3.02. The number of H-pyrrole nitrogens is 1. The lowest BCUT2D eigenvalue weighted by molar-refractivity contribution is -0.0645. The molecule has 3 heterocycles. The van der Waals surface area contributed by atoms with Gasteiger partial charge in [0.05, 0.1) is 19.3 Å². The Labute approximate surface area is 146 Å². The number of hydrogen-bond acceptors (Lipinski definition) is 6. The highest BCUT2D eigenvalue weighted by Gasteiger charge is 2.37. The second-order valence-corrected chi connectivity index (χ2v) is 6.84. The first-order chi connectivity index (χ1) is 12.1. The van der Waals surface area contributed by atoms with Gasteiger partial charge in [0.25, 0.3) is 5.56 Å². The van der Waals surface area contributed by atoms with Gasteiger partial charge in [-0.05, 0) is 32.9 Å². The number of likely N-dealkylation sites (tertiary alicyclic amines) is 1. The van der Waals surface area contributed by atoms with Crippen molar-refractivity contribution < 1.29 is 14.6 Å². The van der Waals surface area contributed by atoms with Crippen LogP contribution in [0.5, 0.6) is 0 Å². The Morgan fingerprint density at radius 3 is 2.80 bits per heavy atom. The predicted molar refractivity (Wildman–Crippen MR) is 91.7 cm³/mol. The van der Waals surface area contributed by atoms with Gasteiger partial charge in [-0.3, -0.25) is 14.3 Å². The van der Waals surface area contributed by atoms with Crippen LogP contribution in [-0.2, 0) is 9.47 Å². The van der Waals surface area contributed by atoms with Crippen molar-refractivity contribution in [2.45, 2.75) is 51.0 Å². The maximum atomic E-state index is 12.0. The number of aliphatic hydroxyl groups excluding tert-OH is 1. The van der Waals surface area contributed by atoms with Gasteiger partial charge in [0.15, 0.2) is 0 Å². The molecule has 3 atom stereocenters. The van der Waals surface area contributed by atoms with Crippen LogP contribution in [0.1, 0.15) is 37.5 Å². The molecule has 2 aliphatic heterocycles. The molecule has 1 aromatic heterocycles. The van der Waals surface area contributed by atoms with Crippen LogP contribution < -0.4 is 11.2 Å². The van der Waals surface area contributed by atoms with Crippen LogP contribution in [0, 0.1) is 6.92 Å². The van der Waals surface area contributed by atoms with E-state index in [1.54, 1.807) is 6.92 Å². The number of ether oxygens (including phenoxy) is 2. The average molecular weight is 353 g/mol. The van der Waals surface area contributed by atoms with Crippen molar-refractivity contribution in [3.05, 3.63) is 32.6 Å². The molecule has 8 heteroatoms. The summed E-state index contributed by atoms with van der Waals surface area (Å²) < 4.78 is 13.1. The van der Waals surface area contributed by atoms with Gasteiger partial charge >= 0.3 is 5.69 Å². The molecule has 0 unspecified atom stereocenters. The quantitative estimate of drug-likeness (QED) is 0.747. The second-order valence-electron chi connectivity index (χ2n) is 6.84. The molecule has 0 spiro atoms. The number of aryl methyl sites for hydroxylation is 1. The monoisotopic (exact) mass is 353 g/mol. The lowest BCUT2D eigenvalue weighted by atomic mass is 10.1. The smallest absolute Gasteiger partial charge is 0.330 e. The summed E-state index contributed by atoms with van der Waals surface area (Å²) in [6, 6.07) is 0. The summed E-state index contributed by atoms with van der Waals surface area (Å²) in [4.78, 5) is 28.2. The minimum Gasteiger partial charge on any atom is -0.394 e. The fourth-order valence-corrected chi connectivity index (χ4v) is 3.53. The summed E-state index contributed by atoms with van der Waals surface area (Å²) in [5.74, 6) is 0. The third-order valence-corrected chi connectivity index (χ3v) is 5.00. The van der Waals surface area contributed by atoms with Gasteiger partial charge in [0, 0.05) is 24.7 Å². The summed E-state index contributed by atoms with van der Waals surface area (Å²) in [6.07, 6.45) is 4.47. The number of aromatic nitrogens is 2. The van der Waals surface area contributed by atoms with Crippen molar-refractivity contribution in [1.29, 1.82) is 0 Å². The van der Waals surface area contributed by atoms with Gasteiger partial charge in [-0.2, -0.15) is 0 Å². The molecule has 2 N–H and O–H groups in total. The first-order valence-electron chi connectivity index (χ1n) is 9.01. The molecule has 0 aromatic carbocycles. The highest BCUT2D eigenvalue weighted by molar-refractivity contribution is 5.02. The van der Waals surface area contributed by atoms with Crippen molar-refractivity contribution in [3.63, 3.8) is 0 Å². The largest absolute Gasteiger partial charge is 0.394 e. The molecule has 8 nitrogen and oxygen atoms in total. The van der Waals surface area contributed by atoms with E-state index in [1.165, 1.54) is 30.0 Å².